The number of benzene rings is 2. The maximum Gasteiger partial charge on any atom is 0.338 e. The van der Waals surface area contributed by atoms with E-state index in [2.05, 4.69) is 5.32 Å². The zero-order chi connectivity index (χ0) is 22.5. The molecule has 0 spiro atoms. The number of ether oxygens (including phenoxy) is 1. The lowest BCUT2D eigenvalue weighted by molar-refractivity contribution is -0.155. The number of Topliss-reactive ketones (excluding diaryl/α,β-unsaturated/α-hetero) is 1. The number of nitrogens with two attached hydrogens (primary N) is 1. The lowest BCUT2D eigenvalue weighted by Crippen LogP contribution is -2.59. The monoisotopic (exact) mass is 422 g/mol. The molecule has 0 radical (unpaired) electrons. The second-order valence-electron chi connectivity index (χ2n) is 6.64. The van der Waals surface area contributed by atoms with Crippen LogP contribution in [0.5, 0.6) is 0 Å². The Bertz CT molecular complexity index is 930. The summed E-state index contributed by atoms with van der Waals surface area (Å²) in [4.78, 5) is 37.7. The average molecular weight is 422 g/mol. The number of carbonyl (C=O) groups is 3. The van der Waals surface area contributed by atoms with E-state index in [0.717, 1.165) is 24.3 Å². The summed E-state index contributed by atoms with van der Waals surface area (Å²) in [6.45, 7) is 2.77. The third-order valence-electron chi connectivity index (χ3n) is 4.34. The van der Waals surface area contributed by atoms with Gasteiger partial charge in [-0.1, -0.05) is 12.1 Å². The highest BCUT2D eigenvalue weighted by Gasteiger charge is 2.47. The fourth-order valence-electron chi connectivity index (χ4n) is 2.92. The molecule has 0 aliphatic heterocycles. The first-order valence-electron chi connectivity index (χ1n) is 9.08. The van der Waals surface area contributed by atoms with E-state index in [1.807, 2.05) is 0 Å². The standard InChI is InChI=1S/C21H21F3N2O4/c1-3-30-20(29)21(25,14-4-6-15(22)7-5-14)19(28)12(2)26-18(27)10-13-8-16(23)11-17(24)9-13/h4-9,11-12H,3,10,25H2,1-2H3,(H,26,27)/t12-,21?/m0/s1. The van der Waals surface area contributed by atoms with Gasteiger partial charge in [-0.2, -0.15) is 0 Å². The SMILES string of the molecule is CCOC(=O)C(N)(C(=O)[C@H](C)NC(=O)Cc1cc(F)cc(F)c1)c1ccc(F)cc1. The van der Waals surface area contributed by atoms with Crippen molar-refractivity contribution in [1.82, 2.24) is 5.32 Å². The normalized spacial score (nSPS) is 13.8. The van der Waals surface area contributed by atoms with E-state index < -0.39 is 53.1 Å². The highest BCUT2D eigenvalue weighted by Crippen LogP contribution is 2.24. The van der Waals surface area contributed by atoms with Crippen LogP contribution in [-0.2, 0) is 31.1 Å². The Morgan fingerprint density at radius 2 is 1.60 bits per heavy atom. The van der Waals surface area contributed by atoms with Gasteiger partial charge >= 0.3 is 5.97 Å². The van der Waals surface area contributed by atoms with Crippen molar-refractivity contribution in [3.8, 4) is 0 Å². The molecule has 160 valence electrons. The highest BCUT2D eigenvalue weighted by atomic mass is 19.1. The maximum absolute atomic E-state index is 13.3. The maximum atomic E-state index is 13.3. The Labute approximate surface area is 171 Å². The van der Waals surface area contributed by atoms with Crippen LogP contribution < -0.4 is 11.1 Å². The van der Waals surface area contributed by atoms with Crippen LogP contribution in [0.25, 0.3) is 0 Å². The molecule has 2 aromatic carbocycles. The first-order chi connectivity index (χ1) is 14.1. The van der Waals surface area contributed by atoms with Crippen LogP contribution in [0.2, 0.25) is 0 Å². The van der Waals surface area contributed by atoms with Gasteiger partial charge in [0.15, 0.2) is 5.78 Å². The van der Waals surface area contributed by atoms with Crippen molar-refractivity contribution < 1.29 is 32.3 Å². The minimum atomic E-state index is -2.29. The van der Waals surface area contributed by atoms with Crippen molar-refractivity contribution in [2.24, 2.45) is 5.73 Å². The van der Waals surface area contributed by atoms with Gasteiger partial charge in [0.1, 0.15) is 17.5 Å². The lowest BCUT2D eigenvalue weighted by atomic mass is 9.83. The Morgan fingerprint density at radius 1 is 1.03 bits per heavy atom. The lowest BCUT2D eigenvalue weighted by Gasteiger charge is -2.29. The number of ketones is 1. The molecule has 0 fully saturated rings. The summed E-state index contributed by atoms with van der Waals surface area (Å²) in [6.07, 6.45) is -0.403. The van der Waals surface area contributed by atoms with E-state index >= 15 is 0 Å². The van der Waals surface area contributed by atoms with Crippen molar-refractivity contribution in [3.63, 3.8) is 0 Å². The minimum Gasteiger partial charge on any atom is -0.464 e. The minimum absolute atomic E-state index is 0.0133. The van der Waals surface area contributed by atoms with Crippen LogP contribution in [0.15, 0.2) is 42.5 Å². The first kappa shape index (κ1) is 23.1. The Hall–Kier alpha value is -3.20. The molecule has 2 atom stereocenters. The van der Waals surface area contributed by atoms with Crippen LogP contribution >= 0.6 is 0 Å². The molecule has 0 saturated heterocycles. The van der Waals surface area contributed by atoms with Gasteiger partial charge in [0.2, 0.25) is 11.4 Å². The number of hydrogen-bond acceptors (Lipinski definition) is 5. The summed E-state index contributed by atoms with van der Waals surface area (Å²) in [5, 5.41) is 2.36. The molecule has 1 unspecified atom stereocenters. The van der Waals surface area contributed by atoms with E-state index in [9.17, 15) is 27.6 Å². The van der Waals surface area contributed by atoms with Crippen LogP contribution in [0, 0.1) is 17.5 Å². The average Bonchev–Trinajstić information content (AvgIpc) is 2.66. The molecule has 2 aromatic rings. The smallest absolute Gasteiger partial charge is 0.338 e. The predicted molar refractivity (Wildman–Crippen MR) is 102 cm³/mol. The van der Waals surface area contributed by atoms with Gasteiger partial charge in [0, 0.05) is 6.07 Å². The van der Waals surface area contributed by atoms with Crippen LogP contribution in [0.4, 0.5) is 13.2 Å². The van der Waals surface area contributed by atoms with Crippen LogP contribution in [0.3, 0.4) is 0 Å². The molecule has 30 heavy (non-hydrogen) atoms. The highest BCUT2D eigenvalue weighted by molar-refractivity contribution is 6.11. The number of carbonyl (C=O) groups excluding carboxylic acids is 3. The van der Waals surface area contributed by atoms with Crippen molar-refractivity contribution in [1.29, 1.82) is 0 Å². The molecule has 0 aliphatic rings. The fraction of sp³-hybridized carbons (Fsp3) is 0.286. The van der Waals surface area contributed by atoms with Gasteiger partial charge in [-0.15, -0.1) is 0 Å². The van der Waals surface area contributed by atoms with E-state index in [0.29, 0.717) is 6.07 Å². The number of hydrogen-bond donors (Lipinski definition) is 2. The topological polar surface area (TPSA) is 98.5 Å². The predicted octanol–water partition coefficient (Wildman–Crippen LogP) is 2.14. The van der Waals surface area contributed by atoms with Crippen molar-refractivity contribution >= 4 is 17.7 Å². The summed E-state index contributed by atoms with van der Waals surface area (Å²) >= 11 is 0. The molecule has 3 N–H and O–H groups in total. The Morgan fingerprint density at radius 3 is 2.13 bits per heavy atom. The third-order valence-corrected chi connectivity index (χ3v) is 4.34. The van der Waals surface area contributed by atoms with Gasteiger partial charge < -0.3 is 15.8 Å². The quantitative estimate of drug-likeness (QED) is 0.502. The van der Waals surface area contributed by atoms with E-state index in [-0.39, 0.29) is 17.7 Å². The molecule has 0 saturated carbocycles. The number of esters is 1. The van der Waals surface area contributed by atoms with Gasteiger partial charge in [0.05, 0.1) is 19.1 Å². The summed E-state index contributed by atoms with van der Waals surface area (Å²) in [5.74, 6) is -4.96. The third kappa shape index (κ3) is 5.24. The van der Waals surface area contributed by atoms with Gasteiger partial charge in [-0.05, 0) is 49.2 Å². The van der Waals surface area contributed by atoms with Crippen molar-refractivity contribution in [2.45, 2.75) is 31.8 Å². The largest absolute Gasteiger partial charge is 0.464 e. The van der Waals surface area contributed by atoms with Gasteiger partial charge in [-0.3, -0.25) is 9.59 Å². The second kappa shape index (κ2) is 9.53. The number of rotatable bonds is 8. The van der Waals surface area contributed by atoms with Crippen molar-refractivity contribution in [2.75, 3.05) is 6.61 Å². The summed E-state index contributed by atoms with van der Waals surface area (Å²) in [7, 11) is 0. The van der Waals surface area contributed by atoms with Crippen LogP contribution in [0.1, 0.15) is 25.0 Å². The molecule has 9 heteroatoms. The van der Waals surface area contributed by atoms with Crippen LogP contribution in [-0.4, -0.2) is 30.3 Å². The number of nitrogens with one attached hydrogen (secondary N) is 1. The second-order valence-corrected chi connectivity index (χ2v) is 6.64. The Balaban J connectivity index is 2.23. The van der Waals surface area contributed by atoms with E-state index in [1.54, 1.807) is 0 Å². The molecular formula is C21H21F3N2O4. The van der Waals surface area contributed by atoms with E-state index in [1.165, 1.54) is 26.0 Å². The zero-order valence-corrected chi connectivity index (χ0v) is 16.4. The molecule has 0 aromatic heterocycles. The molecule has 0 aliphatic carbocycles. The summed E-state index contributed by atoms with van der Waals surface area (Å²) < 4.78 is 44.7. The van der Waals surface area contributed by atoms with E-state index in [4.69, 9.17) is 10.5 Å². The molecule has 0 bridgehead atoms. The summed E-state index contributed by atoms with van der Waals surface area (Å²) in [5.41, 5.74) is 3.87. The molecule has 1 amide bonds. The van der Waals surface area contributed by atoms with Gasteiger partial charge in [0.25, 0.3) is 0 Å². The first-order valence-corrected chi connectivity index (χ1v) is 9.08. The molecular weight excluding hydrogens is 401 g/mol. The number of halogens is 3. The van der Waals surface area contributed by atoms with Gasteiger partial charge in [-0.25, -0.2) is 18.0 Å². The van der Waals surface area contributed by atoms with Crippen molar-refractivity contribution in [3.05, 3.63) is 71.0 Å². The zero-order valence-electron chi connectivity index (χ0n) is 16.4. The molecule has 6 nitrogen and oxygen atoms in total. The fourth-order valence-corrected chi connectivity index (χ4v) is 2.92. The molecule has 0 heterocycles. The molecule has 2 rings (SSSR count). The summed E-state index contributed by atoms with van der Waals surface area (Å²) in [6, 6.07) is 5.80. The Kier molecular flexibility index (Phi) is 7.33. The number of amides is 1.